The van der Waals surface area contributed by atoms with E-state index in [0.29, 0.717) is 17.5 Å². The van der Waals surface area contributed by atoms with E-state index in [0.717, 1.165) is 44.3 Å². The molecule has 0 N–H and O–H groups in total. The molecular formula is C51H30N4OS. The SMILES string of the molecule is c1ccc(-c2nc(-c3ccc4c(c3)sc3ccc(-c5ccc6c(c5)c5ccccc5n6-c5ccccc5)cc34)nc(-c3cccc4oc5ccccc5c34)n2)cc1. The van der Waals surface area contributed by atoms with Gasteiger partial charge in [0.1, 0.15) is 11.2 Å². The molecule has 0 saturated carbocycles. The second kappa shape index (κ2) is 12.6. The van der Waals surface area contributed by atoms with Crippen LogP contribution in [-0.2, 0) is 0 Å². The van der Waals surface area contributed by atoms with E-state index >= 15 is 0 Å². The lowest BCUT2D eigenvalue weighted by molar-refractivity contribution is 0.669. The summed E-state index contributed by atoms with van der Waals surface area (Å²) in [6.45, 7) is 0. The fourth-order valence-electron chi connectivity index (χ4n) is 8.41. The highest BCUT2D eigenvalue weighted by atomic mass is 32.1. The van der Waals surface area contributed by atoms with Crippen molar-refractivity contribution in [3.63, 3.8) is 0 Å². The molecule has 0 unspecified atom stereocenters. The molecule has 0 fully saturated rings. The van der Waals surface area contributed by atoms with Crippen molar-refractivity contribution < 1.29 is 4.42 Å². The van der Waals surface area contributed by atoms with Crippen LogP contribution in [0.5, 0.6) is 0 Å². The molecule has 0 aliphatic carbocycles. The average Bonchev–Trinajstić information content (AvgIpc) is 3.95. The summed E-state index contributed by atoms with van der Waals surface area (Å²) in [6, 6.07) is 63.9. The molecule has 0 bridgehead atoms. The summed E-state index contributed by atoms with van der Waals surface area (Å²) < 4.78 is 11.0. The number of thiophene rings is 1. The lowest BCUT2D eigenvalue weighted by Crippen LogP contribution is -2.00. The normalized spacial score (nSPS) is 11.9. The maximum Gasteiger partial charge on any atom is 0.164 e. The van der Waals surface area contributed by atoms with Crippen LogP contribution in [0.15, 0.2) is 186 Å². The maximum atomic E-state index is 6.24. The molecule has 6 heteroatoms. The van der Waals surface area contributed by atoms with Gasteiger partial charge in [0.2, 0.25) is 0 Å². The number of aromatic nitrogens is 4. The Balaban J connectivity index is 0.981. The topological polar surface area (TPSA) is 56.7 Å². The number of rotatable bonds is 5. The zero-order valence-electron chi connectivity index (χ0n) is 30.4. The van der Waals surface area contributed by atoms with Crippen LogP contribution in [0, 0.1) is 0 Å². The second-order valence-corrected chi connectivity index (χ2v) is 15.5. The lowest BCUT2D eigenvalue weighted by atomic mass is 10.0. The monoisotopic (exact) mass is 746 g/mol. The molecule has 57 heavy (non-hydrogen) atoms. The van der Waals surface area contributed by atoms with Crippen LogP contribution in [0.4, 0.5) is 0 Å². The quantitative estimate of drug-likeness (QED) is 0.176. The van der Waals surface area contributed by atoms with Crippen molar-refractivity contribution in [3.05, 3.63) is 182 Å². The molecule has 0 spiro atoms. The van der Waals surface area contributed by atoms with E-state index in [1.165, 1.54) is 53.1 Å². The largest absolute Gasteiger partial charge is 0.456 e. The molecule has 12 aromatic rings. The molecule has 0 amide bonds. The number of nitrogens with zero attached hydrogens (tertiary/aromatic N) is 4. The van der Waals surface area contributed by atoms with Gasteiger partial charge in [-0.1, -0.05) is 121 Å². The minimum Gasteiger partial charge on any atom is -0.456 e. The van der Waals surface area contributed by atoms with Gasteiger partial charge in [0, 0.05) is 64.1 Å². The van der Waals surface area contributed by atoms with E-state index in [2.05, 4.69) is 126 Å². The van der Waals surface area contributed by atoms with Crippen molar-refractivity contribution >= 4 is 75.3 Å². The molecule has 266 valence electrons. The number of benzene rings is 8. The number of fused-ring (bicyclic) bond motifs is 9. The molecule has 5 nitrogen and oxygen atoms in total. The van der Waals surface area contributed by atoms with E-state index in [-0.39, 0.29) is 0 Å². The summed E-state index contributed by atoms with van der Waals surface area (Å²) in [6.07, 6.45) is 0. The van der Waals surface area contributed by atoms with Crippen molar-refractivity contribution in [3.8, 4) is 51.0 Å². The molecule has 8 aromatic carbocycles. The van der Waals surface area contributed by atoms with Crippen LogP contribution in [0.2, 0.25) is 0 Å². The first-order valence-electron chi connectivity index (χ1n) is 19.0. The third kappa shape index (κ3) is 5.12. The van der Waals surface area contributed by atoms with Crippen LogP contribution >= 0.6 is 11.3 Å². The summed E-state index contributed by atoms with van der Waals surface area (Å²) in [5, 5.41) is 6.99. The Kier molecular flexibility index (Phi) is 7.03. The highest BCUT2D eigenvalue weighted by molar-refractivity contribution is 7.25. The lowest BCUT2D eigenvalue weighted by Gasteiger charge is -2.09. The Hall–Kier alpha value is -7.41. The molecule has 0 aliphatic heterocycles. The molecule has 12 rings (SSSR count). The van der Waals surface area contributed by atoms with Gasteiger partial charge in [-0.15, -0.1) is 11.3 Å². The number of furan rings is 1. The predicted octanol–water partition coefficient (Wildman–Crippen LogP) is 13.9. The van der Waals surface area contributed by atoms with Crippen LogP contribution in [0.25, 0.3) is 115 Å². The van der Waals surface area contributed by atoms with Crippen molar-refractivity contribution in [2.24, 2.45) is 0 Å². The summed E-state index contributed by atoms with van der Waals surface area (Å²) >= 11 is 1.80. The predicted molar refractivity (Wildman–Crippen MR) is 236 cm³/mol. The number of hydrogen-bond acceptors (Lipinski definition) is 5. The van der Waals surface area contributed by atoms with Gasteiger partial charge in [0.25, 0.3) is 0 Å². The van der Waals surface area contributed by atoms with Gasteiger partial charge in [-0.3, -0.25) is 0 Å². The van der Waals surface area contributed by atoms with E-state index in [1.807, 2.05) is 60.7 Å². The average molecular weight is 747 g/mol. The van der Waals surface area contributed by atoms with Gasteiger partial charge in [-0.05, 0) is 71.8 Å². The second-order valence-electron chi connectivity index (χ2n) is 14.4. The van der Waals surface area contributed by atoms with Gasteiger partial charge in [-0.2, -0.15) is 0 Å². The van der Waals surface area contributed by atoms with Crippen LogP contribution in [0.1, 0.15) is 0 Å². The fourth-order valence-corrected chi connectivity index (χ4v) is 9.53. The van der Waals surface area contributed by atoms with Gasteiger partial charge >= 0.3 is 0 Å². The van der Waals surface area contributed by atoms with Gasteiger partial charge in [0.05, 0.1) is 11.0 Å². The Morgan fingerprint density at radius 2 is 1.04 bits per heavy atom. The Labute approximate surface area is 330 Å². The van der Waals surface area contributed by atoms with Crippen molar-refractivity contribution in [2.45, 2.75) is 0 Å². The highest BCUT2D eigenvalue weighted by Crippen LogP contribution is 2.41. The Bertz CT molecular complexity index is 3530. The summed E-state index contributed by atoms with van der Waals surface area (Å²) in [5.41, 5.74) is 10.4. The van der Waals surface area contributed by atoms with Gasteiger partial charge in [-0.25, -0.2) is 15.0 Å². The zero-order valence-corrected chi connectivity index (χ0v) is 31.2. The maximum absolute atomic E-state index is 6.24. The Morgan fingerprint density at radius 3 is 1.89 bits per heavy atom. The van der Waals surface area contributed by atoms with Gasteiger partial charge in [0.15, 0.2) is 17.5 Å². The summed E-state index contributed by atoms with van der Waals surface area (Å²) in [5.74, 6) is 1.87. The van der Waals surface area contributed by atoms with E-state index in [9.17, 15) is 0 Å². The first-order chi connectivity index (χ1) is 28.2. The third-order valence-corrected chi connectivity index (χ3v) is 12.2. The minimum atomic E-state index is 0.612. The van der Waals surface area contributed by atoms with Crippen molar-refractivity contribution in [1.82, 2.24) is 19.5 Å². The van der Waals surface area contributed by atoms with E-state index < -0.39 is 0 Å². The van der Waals surface area contributed by atoms with E-state index in [1.54, 1.807) is 11.3 Å². The summed E-state index contributed by atoms with van der Waals surface area (Å²) in [7, 11) is 0. The third-order valence-electron chi connectivity index (χ3n) is 11.1. The molecule has 4 aromatic heterocycles. The first-order valence-corrected chi connectivity index (χ1v) is 19.8. The minimum absolute atomic E-state index is 0.612. The highest BCUT2D eigenvalue weighted by Gasteiger charge is 2.19. The van der Waals surface area contributed by atoms with Crippen LogP contribution in [0.3, 0.4) is 0 Å². The smallest absolute Gasteiger partial charge is 0.164 e. The van der Waals surface area contributed by atoms with Crippen molar-refractivity contribution in [2.75, 3.05) is 0 Å². The zero-order chi connectivity index (χ0) is 37.5. The molecule has 0 atom stereocenters. The van der Waals surface area contributed by atoms with Gasteiger partial charge < -0.3 is 8.98 Å². The fraction of sp³-hybridized carbons (Fsp3) is 0. The number of para-hydroxylation sites is 3. The molecule has 4 heterocycles. The van der Waals surface area contributed by atoms with E-state index in [4.69, 9.17) is 19.4 Å². The first kappa shape index (κ1) is 31.9. The van der Waals surface area contributed by atoms with Crippen LogP contribution < -0.4 is 0 Å². The Morgan fingerprint density at radius 1 is 0.386 bits per heavy atom. The molecule has 0 aliphatic rings. The standard InChI is InChI=1S/C51H30N4OS/c1-3-12-31(13-4-1)49-52-50(54-51(53-49)39-18-11-21-45-48(39)38-17-8-10-20-44(38)56-45)34-22-25-37-41-29-33(24-27-46(41)57-47(37)30-34)32-23-26-43-40(28-32)36-16-7-9-19-42(36)55(43)35-14-5-2-6-15-35/h1-30H. The summed E-state index contributed by atoms with van der Waals surface area (Å²) in [4.78, 5) is 15.3. The molecular weight excluding hydrogens is 717 g/mol. The molecule has 0 radical (unpaired) electrons. The van der Waals surface area contributed by atoms with Crippen LogP contribution in [-0.4, -0.2) is 19.5 Å². The number of hydrogen-bond donors (Lipinski definition) is 0. The van der Waals surface area contributed by atoms with Crippen molar-refractivity contribution in [1.29, 1.82) is 0 Å². The molecule has 0 saturated heterocycles.